The minimum atomic E-state index is -1.10. The second-order valence-corrected chi connectivity index (χ2v) is 7.37. The Labute approximate surface area is 165 Å². The molecule has 0 aliphatic carbocycles. The molecule has 0 unspecified atom stereocenters. The molecule has 0 fully saturated rings. The summed E-state index contributed by atoms with van der Waals surface area (Å²) < 4.78 is 10.2. The van der Waals surface area contributed by atoms with Crippen molar-refractivity contribution in [2.75, 3.05) is 6.54 Å². The monoisotopic (exact) mass is 394 g/mol. The van der Waals surface area contributed by atoms with Gasteiger partial charge in [0.25, 0.3) is 0 Å². The first-order chi connectivity index (χ1) is 13.2. The molecule has 0 radical (unpaired) electrons. The van der Waals surface area contributed by atoms with Crippen LogP contribution in [0.3, 0.4) is 0 Å². The highest BCUT2D eigenvalue weighted by molar-refractivity contribution is 5.79. The molecule has 0 aliphatic heterocycles. The number of ether oxygens (including phenoxy) is 2. The van der Waals surface area contributed by atoms with Gasteiger partial charge in [0.1, 0.15) is 18.2 Å². The summed E-state index contributed by atoms with van der Waals surface area (Å²) in [5.74, 6) is -1.10. The third kappa shape index (κ3) is 11.1. The molecule has 0 aromatic heterocycles. The number of benzene rings is 1. The van der Waals surface area contributed by atoms with Gasteiger partial charge in [-0.3, -0.25) is 0 Å². The number of aliphatic carboxylic acids is 1. The number of rotatable bonds is 10. The summed E-state index contributed by atoms with van der Waals surface area (Å²) in [6, 6.07) is 8.38. The molecular formula is C20H30N2O6. The molecule has 0 heterocycles. The fraction of sp³-hybridized carbons (Fsp3) is 0.550. The van der Waals surface area contributed by atoms with E-state index in [1.807, 2.05) is 30.3 Å². The van der Waals surface area contributed by atoms with Crippen LogP contribution in [0.2, 0.25) is 0 Å². The van der Waals surface area contributed by atoms with Crippen LogP contribution in [0, 0.1) is 0 Å². The molecule has 0 spiro atoms. The third-order valence-electron chi connectivity index (χ3n) is 3.64. The number of amides is 2. The van der Waals surface area contributed by atoms with E-state index in [4.69, 9.17) is 9.47 Å². The van der Waals surface area contributed by atoms with Crippen molar-refractivity contribution in [3.8, 4) is 0 Å². The van der Waals surface area contributed by atoms with E-state index >= 15 is 0 Å². The first-order valence-electron chi connectivity index (χ1n) is 9.34. The topological polar surface area (TPSA) is 114 Å². The molecule has 3 N–H and O–H groups in total. The highest BCUT2D eigenvalue weighted by Crippen LogP contribution is 2.09. The Morgan fingerprint density at radius 1 is 1.04 bits per heavy atom. The molecule has 0 saturated carbocycles. The predicted molar refractivity (Wildman–Crippen MR) is 104 cm³/mol. The van der Waals surface area contributed by atoms with E-state index in [0.29, 0.717) is 25.8 Å². The first kappa shape index (κ1) is 23.3. The maximum absolute atomic E-state index is 11.7. The van der Waals surface area contributed by atoms with Crippen LogP contribution in [-0.4, -0.2) is 41.4 Å². The van der Waals surface area contributed by atoms with Crippen LogP contribution in [0.25, 0.3) is 0 Å². The summed E-state index contributed by atoms with van der Waals surface area (Å²) in [6.07, 6.45) is 1.03. The number of hydrogen-bond donors (Lipinski definition) is 3. The normalized spacial score (nSPS) is 12.0. The lowest BCUT2D eigenvalue weighted by atomic mass is 10.1. The maximum atomic E-state index is 11.7. The van der Waals surface area contributed by atoms with Gasteiger partial charge in [-0.15, -0.1) is 0 Å². The number of carboxylic acid groups (broad SMARTS) is 1. The van der Waals surface area contributed by atoms with Gasteiger partial charge in [-0.05, 0) is 39.2 Å². The molecule has 8 heteroatoms. The quantitative estimate of drug-likeness (QED) is 0.524. The number of carbonyl (C=O) groups excluding carboxylic acids is 2. The number of nitrogens with one attached hydrogen (secondary N) is 2. The van der Waals surface area contributed by atoms with Crippen molar-refractivity contribution >= 4 is 18.2 Å². The van der Waals surface area contributed by atoms with Crippen LogP contribution < -0.4 is 10.6 Å². The second-order valence-electron chi connectivity index (χ2n) is 7.37. The zero-order chi connectivity index (χ0) is 21.0. The minimum Gasteiger partial charge on any atom is -0.480 e. The van der Waals surface area contributed by atoms with E-state index in [1.165, 1.54) is 0 Å². The molecular weight excluding hydrogens is 364 g/mol. The summed E-state index contributed by atoms with van der Waals surface area (Å²) in [6.45, 7) is 5.77. The van der Waals surface area contributed by atoms with Crippen molar-refractivity contribution in [3.63, 3.8) is 0 Å². The lowest BCUT2D eigenvalue weighted by Crippen LogP contribution is -2.43. The van der Waals surface area contributed by atoms with E-state index in [9.17, 15) is 19.5 Å². The number of carbonyl (C=O) groups is 3. The average Bonchev–Trinajstić information content (AvgIpc) is 2.61. The Morgan fingerprint density at radius 2 is 1.71 bits per heavy atom. The number of unbranched alkanes of at least 4 members (excludes halogenated alkanes) is 2. The van der Waals surface area contributed by atoms with Gasteiger partial charge >= 0.3 is 18.2 Å². The van der Waals surface area contributed by atoms with Crippen LogP contribution in [-0.2, 0) is 20.9 Å². The summed E-state index contributed by atoms with van der Waals surface area (Å²) in [5.41, 5.74) is 0.225. The fourth-order valence-corrected chi connectivity index (χ4v) is 2.32. The van der Waals surface area contributed by atoms with Gasteiger partial charge in [0.05, 0.1) is 0 Å². The van der Waals surface area contributed by atoms with Gasteiger partial charge in [-0.25, -0.2) is 14.4 Å². The van der Waals surface area contributed by atoms with Gasteiger partial charge in [-0.2, -0.15) is 0 Å². The average molecular weight is 394 g/mol. The van der Waals surface area contributed by atoms with Gasteiger partial charge in [-0.1, -0.05) is 43.2 Å². The lowest BCUT2D eigenvalue weighted by Gasteiger charge is -2.22. The van der Waals surface area contributed by atoms with E-state index < -0.39 is 29.8 Å². The van der Waals surface area contributed by atoms with Crippen LogP contribution in [0.15, 0.2) is 30.3 Å². The molecule has 28 heavy (non-hydrogen) atoms. The molecule has 1 rings (SSSR count). The Bertz CT molecular complexity index is 627. The first-order valence-corrected chi connectivity index (χ1v) is 9.34. The molecule has 8 nitrogen and oxygen atoms in total. The molecule has 1 aromatic carbocycles. The van der Waals surface area contributed by atoms with E-state index in [0.717, 1.165) is 5.56 Å². The SMILES string of the molecule is CC(C)(C)OC(=O)N[C@@H](CCCCCNC(=O)OCc1ccccc1)C(=O)O. The predicted octanol–water partition coefficient (Wildman–Crippen LogP) is 3.45. The standard InChI is InChI=1S/C20H30N2O6/c1-20(2,3)28-19(26)22-16(17(23)24)12-8-5-9-13-21-18(25)27-14-15-10-6-4-7-11-15/h4,6-7,10-11,16H,5,8-9,12-14H2,1-3H3,(H,21,25)(H,22,26)(H,23,24)/t16-/m0/s1. The summed E-state index contributed by atoms with van der Waals surface area (Å²) in [5, 5.41) is 14.2. The van der Waals surface area contributed by atoms with E-state index in [-0.39, 0.29) is 13.0 Å². The molecule has 2 amide bonds. The molecule has 0 aliphatic rings. The summed E-state index contributed by atoms with van der Waals surface area (Å²) in [7, 11) is 0. The second kappa shape index (κ2) is 11.8. The van der Waals surface area contributed by atoms with Gasteiger partial charge in [0.15, 0.2) is 0 Å². The Hall–Kier alpha value is -2.77. The van der Waals surface area contributed by atoms with Crippen LogP contribution in [0.5, 0.6) is 0 Å². The van der Waals surface area contributed by atoms with Crippen molar-refractivity contribution in [2.45, 2.75) is 64.7 Å². The molecule has 0 bridgehead atoms. The van der Waals surface area contributed by atoms with Crippen LogP contribution >= 0.6 is 0 Å². The van der Waals surface area contributed by atoms with Gasteiger partial charge in [0.2, 0.25) is 0 Å². The Balaban J connectivity index is 2.15. The third-order valence-corrected chi connectivity index (χ3v) is 3.64. The largest absolute Gasteiger partial charge is 0.480 e. The van der Waals surface area contributed by atoms with Crippen molar-refractivity contribution in [3.05, 3.63) is 35.9 Å². The number of alkyl carbamates (subject to hydrolysis) is 2. The van der Waals surface area contributed by atoms with Gasteiger partial charge in [0, 0.05) is 6.54 Å². The number of hydrogen-bond acceptors (Lipinski definition) is 5. The highest BCUT2D eigenvalue weighted by Gasteiger charge is 2.23. The van der Waals surface area contributed by atoms with E-state index in [1.54, 1.807) is 20.8 Å². The summed E-state index contributed by atoms with van der Waals surface area (Å²) >= 11 is 0. The zero-order valence-corrected chi connectivity index (χ0v) is 16.7. The summed E-state index contributed by atoms with van der Waals surface area (Å²) in [4.78, 5) is 34.6. The van der Waals surface area contributed by atoms with Crippen LogP contribution in [0.4, 0.5) is 9.59 Å². The number of carboxylic acids is 1. The molecule has 1 aromatic rings. The van der Waals surface area contributed by atoms with Crippen molar-refractivity contribution < 1.29 is 29.0 Å². The zero-order valence-electron chi connectivity index (χ0n) is 16.7. The maximum Gasteiger partial charge on any atom is 0.408 e. The molecule has 156 valence electrons. The molecule has 0 saturated heterocycles. The van der Waals surface area contributed by atoms with Crippen molar-refractivity contribution in [2.24, 2.45) is 0 Å². The highest BCUT2D eigenvalue weighted by atomic mass is 16.6. The molecule has 1 atom stereocenters. The van der Waals surface area contributed by atoms with Gasteiger partial charge < -0.3 is 25.2 Å². The minimum absolute atomic E-state index is 0.212. The van der Waals surface area contributed by atoms with E-state index in [2.05, 4.69) is 10.6 Å². The van der Waals surface area contributed by atoms with Crippen molar-refractivity contribution in [1.29, 1.82) is 0 Å². The van der Waals surface area contributed by atoms with Crippen molar-refractivity contribution in [1.82, 2.24) is 10.6 Å². The lowest BCUT2D eigenvalue weighted by molar-refractivity contribution is -0.139. The van der Waals surface area contributed by atoms with Crippen LogP contribution in [0.1, 0.15) is 52.0 Å². The fourth-order valence-electron chi connectivity index (χ4n) is 2.32. The Morgan fingerprint density at radius 3 is 2.32 bits per heavy atom. The Kier molecular flexibility index (Phi) is 9.84. The smallest absolute Gasteiger partial charge is 0.408 e.